The Morgan fingerprint density at radius 3 is 2.68 bits per heavy atom. The fourth-order valence-corrected chi connectivity index (χ4v) is 2.89. The number of hydrogen-bond acceptors (Lipinski definition) is 5. The van der Waals surface area contributed by atoms with Crippen LogP contribution in [0.25, 0.3) is 0 Å². The number of carbonyl (C=O) groups is 2. The van der Waals surface area contributed by atoms with Crippen LogP contribution in [0.3, 0.4) is 0 Å². The van der Waals surface area contributed by atoms with Gasteiger partial charge in [-0.2, -0.15) is 13.2 Å². The fourth-order valence-electron chi connectivity index (χ4n) is 2.70. The second-order valence-electron chi connectivity index (χ2n) is 5.87. The van der Waals surface area contributed by atoms with Gasteiger partial charge in [-0.1, -0.05) is 11.6 Å². The number of aliphatic imine (C=N–C) groups is 1. The van der Waals surface area contributed by atoms with Crippen molar-refractivity contribution in [3.05, 3.63) is 34.7 Å². The van der Waals surface area contributed by atoms with E-state index < -0.39 is 47.3 Å². The van der Waals surface area contributed by atoms with Crippen LogP contribution < -0.4 is 9.64 Å². The molecule has 0 saturated carbocycles. The van der Waals surface area contributed by atoms with Gasteiger partial charge in [-0.05, 0) is 13.0 Å². The molecule has 1 amide bonds. The minimum atomic E-state index is -4.80. The van der Waals surface area contributed by atoms with Gasteiger partial charge in [0.1, 0.15) is 17.3 Å². The van der Waals surface area contributed by atoms with Crippen LogP contribution in [0, 0.1) is 5.82 Å². The Morgan fingerprint density at radius 2 is 2.07 bits per heavy atom. The fraction of sp³-hybridized carbons (Fsp3) is 0.312. The lowest BCUT2D eigenvalue weighted by molar-refractivity contribution is -0.144. The molecule has 1 unspecified atom stereocenters. The van der Waals surface area contributed by atoms with E-state index in [0.717, 1.165) is 17.0 Å². The molecule has 150 valence electrons. The summed E-state index contributed by atoms with van der Waals surface area (Å²) in [4.78, 5) is 28.6. The van der Waals surface area contributed by atoms with Crippen LogP contribution in [0.2, 0.25) is 5.02 Å². The molecule has 12 heteroatoms. The molecule has 2 aliphatic heterocycles. The number of halogens is 5. The molecule has 1 atom stereocenters. The van der Waals surface area contributed by atoms with Crippen LogP contribution in [0.4, 0.5) is 23.2 Å². The van der Waals surface area contributed by atoms with Crippen molar-refractivity contribution in [3.8, 4) is 5.75 Å². The quantitative estimate of drug-likeness (QED) is 0.756. The Labute approximate surface area is 160 Å². The maximum Gasteiger partial charge on any atom is 0.431 e. The number of allylic oxidation sites excluding steroid dienone is 1. The highest BCUT2D eigenvalue weighted by Crippen LogP contribution is 2.38. The summed E-state index contributed by atoms with van der Waals surface area (Å²) < 4.78 is 59.2. The maximum absolute atomic E-state index is 14.5. The smallest absolute Gasteiger partial charge is 0.431 e. The molecule has 0 aliphatic carbocycles. The highest BCUT2D eigenvalue weighted by molar-refractivity contribution is 6.32. The van der Waals surface area contributed by atoms with E-state index in [2.05, 4.69) is 4.99 Å². The average molecular weight is 422 g/mol. The zero-order valence-corrected chi connectivity index (χ0v) is 14.9. The van der Waals surface area contributed by atoms with Crippen molar-refractivity contribution in [2.75, 3.05) is 18.0 Å². The molecule has 3 rings (SSSR count). The number of nitrogens with zero attached hydrogens (tertiary/aromatic N) is 3. The molecule has 2 heterocycles. The van der Waals surface area contributed by atoms with Gasteiger partial charge in [-0.3, -0.25) is 9.79 Å². The zero-order valence-electron chi connectivity index (χ0n) is 14.1. The lowest BCUT2D eigenvalue weighted by atomic mass is 10.2. The first-order valence-corrected chi connectivity index (χ1v) is 8.22. The Bertz CT molecular complexity index is 916. The number of carboxylic acids is 1. The molecule has 0 spiro atoms. The summed E-state index contributed by atoms with van der Waals surface area (Å²) in [5.41, 5.74) is -1.67. The first kappa shape index (κ1) is 19.9. The molecule has 0 bridgehead atoms. The summed E-state index contributed by atoms with van der Waals surface area (Å²) >= 11 is 5.86. The SMILES string of the molecule is CC(Oc1cc(N2C(=O)C=C(C(F)(F)F)N3CCN=C32)c(F)cc1Cl)C(=O)O. The normalized spacial score (nSPS) is 17.9. The molecule has 1 N–H and O–H groups in total. The van der Waals surface area contributed by atoms with E-state index in [4.69, 9.17) is 21.4 Å². The number of fused-ring (bicyclic) bond motifs is 1. The van der Waals surface area contributed by atoms with Crippen molar-refractivity contribution in [1.82, 2.24) is 4.90 Å². The minimum Gasteiger partial charge on any atom is -0.479 e. The number of anilines is 1. The largest absolute Gasteiger partial charge is 0.479 e. The summed E-state index contributed by atoms with van der Waals surface area (Å²) in [5.74, 6) is -4.15. The summed E-state index contributed by atoms with van der Waals surface area (Å²) in [6.07, 6.45) is -5.79. The molecule has 0 saturated heterocycles. The number of aliphatic carboxylic acids is 1. The lowest BCUT2D eigenvalue weighted by Gasteiger charge is -2.35. The van der Waals surface area contributed by atoms with Crippen molar-refractivity contribution in [3.63, 3.8) is 0 Å². The zero-order chi connectivity index (χ0) is 20.8. The summed E-state index contributed by atoms with van der Waals surface area (Å²) in [6.45, 7) is 1.04. The summed E-state index contributed by atoms with van der Waals surface area (Å²) in [7, 11) is 0. The third-order valence-corrected chi connectivity index (χ3v) is 4.27. The van der Waals surface area contributed by atoms with E-state index >= 15 is 0 Å². The number of alkyl halides is 3. The molecule has 0 fully saturated rings. The van der Waals surface area contributed by atoms with Crippen LogP contribution in [0.5, 0.6) is 5.75 Å². The van der Waals surface area contributed by atoms with Crippen molar-refractivity contribution >= 4 is 35.1 Å². The van der Waals surface area contributed by atoms with Gasteiger partial charge in [0.15, 0.2) is 6.10 Å². The lowest BCUT2D eigenvalue weighted by Crippen LogP contribution is -2.51. The van der Waals surface area contributed by atoms with Crippen molar-refractivity contribution in [2.24, 2.45) is 4.99 Å². The molecule has 28 heavy (non-hydrogen) atoms. The molecular weight excluding hydrogens is 410 g/mol. The van der Waals surface area contributed by atoms with Crippen molar-refractivity contribution in [1.29, 1.82) is 0 Å². The van der Waals surface area contributed by atoms with E-state index in [-0.39, 0.29) is 23.9 Å². The Morgan fingerprint density at radius 1 is 1.39 bits per heavy atom. The van der Waals surface area contributed by atoms with Crippen LogP contribution in [-0.2, 0) is 9.59 Å². The van der Waals surface area contributed by atoms with Crippen LogP contribution in [0.15, 0.2) is 28.9 Å². The molecule has 1 aromatic rings. The average Bonchev–Trinajstić information content (AvgIpc) is 3.05. The molecule has 0 radical (unpaired) electrons. The molecule has 0 aromatic heterocycles. The van der Waals surface area contributed by atoms with Crippen LogP contribution in [-0.4, -0.2) is 53.2 Å². The highest BCUT2D eigenvalue weighted by atomic mass is 35.5. The third-order valence-electron chi connectivity index (χ3n) is 3.97. The van der Waals surface area contributed by atoms with Gasteiger partial charge in [0, 0.05) is 18.7 Å². The minimum absolute atomic E-state index is 0.0266. The Balaban J connectivity index is 2.07. The van der Waals surface area contributed by atoms with Gasteiger partial charge in [-0.15, -0.1) is 0 Å². The van der Waals surface area contributed by atoms with Crippen LogP contribution in [0.1, 0.15) is 6.92 Å². The van der Waals surface area contributed by atoms with Gasteiger partial charge in [-0.25, -0.2) is 14.1 Å². The van der Waals surface area contributed by atoms with Gasteiger partial charge in [0.25, 0.3) is 5.91 Å². The number of guanidine groups is 1. The maximum atomic E-state index is 14.5. The van der Waals surface area contributed by atoms with E-state index in [0.29, 0.717) is 11.0 Å². The van der Waals surface area contributed by atoms with E-state index in [9.17, 15) is 27.2 Å². The van der Waals surface area contributed by atoms with Crippen molar-refractivity contribution < 1.29 is 37.0 Å². The van der Waals surface area contributed by atoms with E-state index in [1.165, 1.54) is 6.92 Å². The van der Waals surface area contributed by atoms with E-state index in [1.54, 1.807) is 0 Å². The predicted octanol–water partition coefficient (Wildman–Crippen LogP) is 2.80. The number of carbonyl (C=O) groups excluding carboxylic acids is 1. The molecule has 2 aliphatic rings. The molecule has 7 nitrogen and oxygen atoms in total. The number of ether oxygens (including phenoxy) is 1. The van der Waals surface area contributed by atoms with Gasteiger partial charge in [0.05, 0.1) is 17.3 Å². The number of amides is 1. The number of carboxylic acid groups (broad SMARTS) is 1. The second-order valence-corrected chi connectivity index (χ2v) is 6.27. The number of rotatable bonds is 4. The topological polar surface area (TPSA) is 82.4 Å². The number of benzene rings is 1. The predicted molar refractivity (Wildman–Crippen MR) is 89.8 cm³/mol. The van der Waals surface area contributed by atoms with Gasteiger partial charge < -0.3 is 14.7 Å². The van der Waals surface area contributed by atoms with Crippen molar-refractivity contribution in [2.45, 2.75) is 19.2 Å². The summed E-state index contributed by atoms with van der Waals surface area (Å²) in [6, 6.07) is 1.72. The standard InChI is InChI=1S/C16H12ClF4N3O4/c1-7(14(26)27)28-11-5-10(9(18)4-8(11)17)24-13(25)6-12(16(19,20)21)23-3-2-22-15(23)24/h4-7H,2-3H2,1H3,(H,26,27). The first-order valence-electron chi connectivity index (χ1n) is 7.84. The Hall–Kier alpha value is -2.82. The van der Waals surface area contributed by atoms with Crippen LogP contribution >= 0.6 is 11.6 Å². The monoisotopic (exact) mass is 421 g/mol. The van der Waals surface area contributed by atoms with E-state index in [1.807, 2.05) is 0 Å². The number of hydrogen-bond donors (Lipinski definition) is 1. The second kappa shape index (κ2) is 6.97. The van der Waals surface area contributed by atoms with Gasteiger partial charge >= 0.3 is 12.1 Å². The summed E-state index contributed by atoms with van der Waals surface area (Å²) in [5, 5.41) is 8.66. The molecule has 1 aromatic carbocycles. The highest BCUT2D eigenvalue weighted by Gasteiger charge is 2.47. The van der Waals surface area contributed by atoms with Gasteiger partial charge in [0.2, 0.25) is 5.96 Å². The first-order chi connectivity index (χ1) is 13.0. The third kappa shape index (κ3) is 3.49. The molecular formula is C16H12ClF4N3O4. The Kier molecular flexibility index (Phi) is 4.96.